The van der Waals surface area contributed by atoms with E-state index in [0.29, 0.717) is 22.2 Å². The van der Waals surface area contributed by atoms with E-state index < -0.39 is 17.6 Å². The number of carbonyl (C=O) groups is 1. The van der Waals surface area contributed by atoms with Gasteiger partial charge < -0.3 is 19.8 Å². The summed E-state index contributed by atoms with van der Waals surface area (Å²) >= 11 is 13.1. The summed E-state index contributed by atoms with van der Waals surface area (Å²) in [6.45, 7) is 0.574. The molecule has 1 aliphatic heterocycles. The van der Waals surface area contributed by atoms with Gasteiger partial charge in [0.05, 0.1) is 22.4 Å². The predicted octanol–water partition coefficient (Wildman–Crippen LogP) is 4.09. The van der Waals surface area contributed by atoms with Crippen LogP contribution < -0.4 is 4.74 Å². The van der Waals surface area contributed by atoms with Crippen LogP contribution in [0, 0.1) is 5.92 Å². The zero-order valence-electron chi connectivity index (χ0n) is 18.6. The number of aryl methyl sites for hydroxylation is 1. The maximum atomic E-state index is 12.0. The lowest BCUT2D eigenvalue weighted by atomic mass is 9.74. The SMILES string of the molecule is Cn1nncc1C(O)(c1ccc2nc(Cl)c(OCc3ccccc3)c(Cl)c2c1)C1CN(C(=O)O)C1. The van der Waals surface area contributed by atoms with Crippen LogP contribution in [0.3, 0.4) is 0 Å². The molecule has 2 aromatic heterocycles. The van der Waals surface area contributed by atoms with Crippen molar-refractivity contribution in [2.45, 2.75) is 12.2 Å². The molecule has 0 spiro atoms. The van der Waals surface area contributed by atoms with Crippen molar-refractivity contribution in [2.75, 3.05) is 13.1 Å². The number of rotatable bonds is 6. The summed E-state index contributed by atoms with van der Waals surface area (Å²) < 4.78 is 7.39. The molecule has 1 saturated heterocycles. The molecule has 0 bridgehead atoms. The van der Waals surface area contributed by atoms with Crippen LogP contribution in [0.25, 0.3) is 10.9 Å². The summed E-state index contributed by atoms with van der Waals surface area (Å²) in [5.41, 5.74) is 0.851. The first kappa shape index (κ1) is 23.3. The second-order valence-corrected chi connectivity index (χ2v) is 9.18. The Hall–Kier alpha value is -3.40. The number of amides is 1. The van der Waals surface area contributed by atoms with Crippen molar-refractivity contribution in [1.29, 1.82) is 0 Å². The Morgan fingerprint density at radius 2 is 1.94 bits per heavy atom. The second-order valence-electron chi connectivity index (χ2n) is 8.45. The number of nitrogens with zero attached hydrogens (tertiary/aromatic N) is 5. The van der Waals surface area contributed by atoms with Crippen LogP contribution in [0.2, 0.25) is 10.2 Å². The van der Waals surface area contributed by atoms with Gasteiger partial charge in [-0.05, 0) is 23.3 Å². The summed E-state index contributed by atoms with van der Waals surface area (Å²) in [6, 6.07) is 14.8. The Morgan fingerprint density at radius 3 is 2.60 bits per heavy atom. The van der Waals surface area contributed by atoms with E-state index in [-0.39, 0.29) is 35.6 Å². The second kappa shape index (κ2) is 8.99. The number of likely N-dealkylation sites (tertiary alicyclic amines) is 1. The molecule has 1 aliphatic rings. The van der Waals surface area contributed by atoms with Crippen molar-refractivity contribution in [3.05, 3.63) is 81.7 Å². The molecule has 35 heavy (non-hydrogen) atoms. The molecule has 0 aliphatic carbocycles. The summed E-state index contributed by atoms with van der Waals surface area (Å²) in [5, 5.41) is 30.1. The molecule has 9 nitrogen and oxygen atoms in total. The molecule has 180 valence electrons. The first-order valence-corrected chi connectivity index (χ1v) is 11.6. The van der Waals surface area contributed by atoms with Crippen molar-refractivity contribution in [3.8, 4) is 5.75 Å². The number of hydrogen-bond acceptors (Lipinski definition) is 6. The lowest BCUT2D eigenvalue weighted by Gasteiger charge is -2.46. The topological polar surface area (TPSA) is 114 Å². The minimum atomic E-state index is -1.56. The Kier molecular flexibility index (Phi) is 6.00. The number of aliphatic hydroxyl groups is 1. The first-order valence-electron chi connectivity index (χ1n) is 10.8. The predicted molar refractivity (Wildman–Crippen MR) is 130 cm³/mol. The van der Waals surface area contributed by atoms with Crippen molar-refractivity contribution in [2.24, 2.45) is 13.0 Å². The maximum absolute atomic E-state index is 12.0. The van der Waals surface area contributed by atoms with Crippen LogP contribution in [0.1, 0.15) is 16.8 Å². The number of halogens is 2. The summed E-state index contributed by atoms with van der Waals surface area (Å²) in [7, 11) is 1.67. The van der Waals surface area contributed by atoms with Crippen molar-refractivity contribution >= 4 is 40.2 Å². The Labute approximate surface area is 210 Å². The molecule has 1 amide bonds. The van der Waals surface area contributed by atoms with Crippen LogP contribution in [0.15, 0.2) is 54.7 Å². The largest absolute Gasteiger partial charge is 0.484 e. The van der Waals surface area contributed by atoms with E-state index in [2.05, 4.69) is 15.3 Å². The fourth-order valence-corrected chi connectivity index (χ4v) is 4.98. The fourth-order valence-electron chi connectivity index (χ4n) is 4.39. The third-order valence-corrected chi connectivity index (χ3v) is 6.98. The van der Waals surface area contributed by atoms with Crippen LogP contribution in [0.5, 0.6) is 5.75 Å². The third-order valence-electron chi connectivity index (χ3n) is 6.35. The lowest BCUT2D eigenvalue weighted by molar-refractivity contribution is -0.0590. The number of hydrogen-bond donors (Lipinski definition) is 2. The van der Waals surface area contributed by atoms with Crippen molar-refractivity contribution in [3.63, 3.8) is 0 Å². The van der Waals surface area contributed by atoms with Gasteiger partial charge in [0.1, 0.15) is 12.2 Å². The molecule has 0 radical (unpaired) electrons. The van der Waals surface area contributed by atoms with Crippen LogP contribution in [-0.2, 0) is 19.3 Å². The molecule has 11 heteroatoms. The number of aromatic nitrogens is 4. The molecule has 1 fully saturated rings. The normalized spacial score (nSPS) is 15.6. The highest BCUT2D eigenvalue weighted by atomic mass is 35.5. The molecular formula is C24H21Cl2N5O4. The summed E-state index contributed by atoms with van der Waals surface area (Å²) in [6.07, 6.45) is 0.441. The smallest absolute Gasteiger partial charge is 0.407 e. The number of fused-ring (bicyclic) bond motifs is 1. The molecule has 2 N–H and O–H groups in total. The van der Waals surface area contributed by atoms with E-state index in [9.17, 15) is 15.0 Å². The fraction of sp³-hybridized carbons (Fsp3) is 0.250. The van der Waals surface area contributed by atoms with Gasteiger partial charge in [0.2, 0.25) is 0 Å². The average Bonchev–Trinajstić information content (AvgIpc) is 3.24. The average molecular weight is 514 g/mol. The van der Waals surface area contributed by atoms with Gasteiger partial charge in [-0.2, -0.15) is 0 Å². The number of ether oxygens (including phenoxy) is 1. The number of pyridine rings is 1. The zero-order valence-corrected chi connectivity index (χ0v) is 20.1. The number of carboxylic acid groups (broad SMARTS) is 1. The van der Waals surface area contributed by atoms with E-state index in [1.54, 1.807) is 25.2 Å². The Morgan fingerprint density at radius 1 is 1.20 bits per heavy atom. The van der Waals surface area contributed by atoms with E-state index in [4.69, 9.17) is 27.9 Å². The van der Waals surface area contributed by atoms with Gasteiger partial charge in [0.25, 0.3) is 0 Å². The minimum absolute atomic E-state index is 0.133. The van der Waals surface area contributed by atoms with E-state index >= 15 is 0 Å². The van der Waals surface area contributed by atoms with Gasteiger partial charge in [-0.3, -0.25) is 0 Å². The summed E-state index contributed by atoms with van der Waals surface area (Å²) in [5.74, 6) is -0.172. The van der Waals surface area contributed by atoms with E-state index in [1.807, 2.05) is 30.3 Å². The Bertz CT molecular complexity index is 1410. The minimum Gasteiger partial charge on any atom is -0.484 e. The van der Waals surface area contributed by atoms with Crippen LogP contribution in [0.4, 0.5) is 4.79 Å². The quantitative estimate of drug-likeness (QED) is 0.373. The van der Waals surface area contributed by atoms with Crippen LogP contribution in [-0.4, -0.2) is 54.3 Å². The van der Waals surface area contributed by atoms with E-state index in [1.165, 1.54) is 15.8 Å². The maximum Gasteiger partial charge on any atom is 0.407 e. The van der Waals surface area contributed by atoms with E-state index in [0.717, 1.165) is 5.56 Å². The van der Waals surface area contributed by atoms with Gasteiger partial charge >= 0.3 is 6.09 Å². The molecule has 5 rings (SSSR count). The van der Waals surface area contributed by atoms with Gasteiger partial charge in [-0.25, -0.2) is 14.5 Å². The van der Waals surface area contributed by atoms with Gasteiger partial charge in [0.15, 0.2) is 10.9 Å². The molecular weight excluding hydrogens is 493 g/mol. The molecule has 3 heterocycles. The first-order chi connectivity index (χ1) is 16.8. The molecule has 0 saturated carbocycles. The Balaban J connectivity index is 1.57. The monoisotopic (exact) mass is 513 g/mol. The van der Waals surface area contributed by atoms with Gasteiger partial charge in [-0.1, -0.05) is 64.8 Å². The zero-order chi connectivity index (χ0) is 24.7. The number of benzene rings is 2. The molecule has 1 unspecified atom stereocenters. The van der Waals surface area contributed by atoms with Gasteiger partial charge in [-0.15, -0.1) is 5.10 Å². The van der Waals surface area contributed by atoms with Crippen LogP contribution >= 0.6 is 23.2 Å². The third kappa shape index (κ3) is 4.05. The van der Waals surface area contributed by atoms with Crippen molar-refractivity contribution in [1.82, 2.24) is 24.9 Å². The highest BCUT2D eigenvalue weighted by molar-refractivity contribution is 6.40. The molecule has 2 aromatic carbocycles. The highest BCUT2D eigenvalue weighted by Crippen LogP contribution is 2.44. The van der Waals surface area contributed by atoms with Crippen molar-refractivity contribution < 1.29 is 19.7 Å². The lowest BCUT2D eigenvalue weighted by Crippen LogP contribution is -2.58. The molecule has 1 atom stereocenters. The standard InChI is InChI=1S/C24H21Cl2N5O4/c1-30-19(10-27-29-30)24(34,16-11-31(12-16)23(32)33)15-7-8-18-17(9-15)20(25)21(22(26)28-18)35-13-14-5-3-2-4-6-14/h2-10,16,34H,11-13H2,1H3,(H,32,33). The highest BCUT2D eigenvalue weighted by Gasteiger charge is 2.50. The van der Waals surface area contributed by atoms with Gasteiger partial charge in [0, 0.05) is 31.4 Å². The summed E-state index contributed by atoms with van der Waals surface area (Å²) in [4.78, 5) is 17.0. The molecule has 4 aromatic rings.